The molecule has 2 rings (SSSR count). The van der Waals surface area contributed by atoms with Crippen molar-refractivity contribution >= 4 is 11.6 Å². The predicted molar refractivity (Wildman–Crippen MR) is 77.2 cm³/mol. The van der Waals surface area contributed by atoms with Gasteiger partial charge in [-0.2, -0.15) is 47.1 Å². The Balaban J connectivity index is 2.38. The molecule has 2 unspecified atom stereocenters. The maximum Gasteiger partial charge on any atom is 0.417 e. The first-order chi connectivity index (χ1) is 12.3. The number of hydrogen-bond donors (Lipinski definition) is 1. The molecule has 1 aromatic carbocycles. The molecule has 27 heavy (non-hydrogen) atoms. The van der Waals surface area contributed by atoms with E-state index in [9.17, 15) is 31.1 Å². The van der Waals surface area contributed by atoms with Gasteiger partial charge in [-0.25, -0.2) is 0 Å². The van der Waals surface area contributed by atoms with Crippen LogP contribution in [0.3, 0.4) is 0 Å². The number of halogens is 6. The highest BCUT2D eigenvalue weighted by molar-refractivity contribution is 5.99. The number of carbonyl (C=O) groups is 1. The van der Waals surface area contributed by atoms with Crippen molar-refractivity contribution in [1.82, 2.24) is 0 Å². The average Bonchev–Trinajstić information content (AvgIpc) is 2.97. The maximum absolute atomic E-state index is 13.0. The summed E-state index contributed by atoms with van der Waals surface area (Å²) in [5.74, 6) is -1.16. The molecule has 0 radical (unpaired) electrons. The van der Waals surface area contributed by atoms with Crippen LogP contribution in [0.5, 0.6) is 0 Å². The summed E-state index contributed by atoms with van der Waals surface area (Å²) in [7, 11) is 0. The molecule has 2 atom stereocenters. The van der Waals surface area contributed by atoms with Crippen LogP contribution in [0.15, 0.2) is 22.4 Å². The van der Waals surface area contributed by atoms with Crippen molar-refractivity contribution in [3.05, 3.63) is 28.8 Å². The van der Waals surface area contributed by atoms with Gasteiger partial charge in [0.05, 0.1) is 28.4 Å². The third kappa shape index (κ3) is 4.00. The van der Waals surface area contributed by atoms with Gasteiger partial charge in [-0.1, -0.05) is 0 Å². The molecule has 1 aliphatic rings. The molecule has 1 heterocycles. The number of rotatable bonds is 2. The van der Waals surface area contributed by atoms with E-state index in [-0.39, 0.29) is 0 Å². The maximum atomic E-state index is 13.0. The number of anilines is 1. The molecule has 0 spiro atoms. The molecule has 1 N–H and O–H groups in total. The molecule has 1 aromatic rings. The van der Waals surface area contributed by atoms with Crippen molar-refractivity contribution in [1.29, 1.82) is 10.5 Å². The number of amides is 1. The molecule has 0 fully saturated rings. The van der Waals surface area contributed by atoms with Crippen LogP contribution in [-0.2, 0) is 11.0 Å². The molecule has 0 bridgehead atoms. The topological polar surface area (TPSA) is 101 Å². The second-order valence-electron chi connectivity index (χ2n) is 5.87. The number of benzene rings is 1. The Bertz CT molecular complexity index is 892. The second-order valence-corrected chi connectivity index (χ2v) is 5.87. The highest BCUT2D eigenvalue weighted by atomic mass is 19.4. The standard InChI is InChI=1S/C15H9F6N5O/c1-13(4-11(25-26-13)15(19,20)21)12(27)24-10-3-9(14(16,17)18)7(5-22)2-8(10)6-23/h2-3,11H,4H2,1H3,(H,24,27). The molecule has 1 amide bonds. The summed E-state index contributed by atoms with van der Waals surface area (Å²) in [5, 5.41) is 26.1. The van der Waals surface area contributed by atoms with Crippen molar-refractivity contribution in [2.24, 2.45) is 10.2 Å². The summed E-state index contributed by atoms with van der Waals surface area (Å²) in [6.07, 6.45) is -10.5. The van der Waals surface area contributed by atoms with Gasteiger partial charge < -0.3 is 5.32 Å². The van der Waals surface area contributed by atoms with Crippen LogP contribution in [0.1, 0.15) is 30.0 Å². The number of hydrogen-bond acceptors (Lipinski definition) is 5. The van der Waals surface area contributed by atoms with Crippen LogP contribution in [0.4, 0.5) is 32.0 Å². The minimum Gasteiger partial charge on any atom is -0.323 e. The molecular weight excluding hydrogens is 380 g/mol. The monoisotopic (exact) mass is 389 g/mol. The van der Waals surface area contributed by atoms with E-state index in [2.05, 4.69) is 10.2 Å². The Hall–Kier alpha value is -3.15. The van der Waals surface area contributed by atoms with E-state index in [1.165, 1.54) is 12.1 Å². The van der Waals surface area contributed by atoms with Crippen molar-refractivity contribution in [2.75, 3.05) is 5.32 Å². The van der Waals surface area contributed by atoms with Crippen molar-refractivity contribution in [3.63, 3.8) is 0 Å². The highest BCUT2D eigenvalue weighted by Gasteiger charge is 2.51. The SMILES string of the molecule is CC1(C(=O)Nc2cc(C(F)(F)F)c(C#N)cc2C#N)CC(C(F)(F)F)N=N1. The summed E-state index contributed by atoms with van der Waals surface area (Å²) in [5.41, 5.74) is -5.26. The number of nitrogens with zero attached hydrogens (tertiary/aromatic N) is 4. The summed E-state index contributed by atoms with van der Waals surface area (Å²) >= 11 is 0. The Kier molecular flexibility index (Phi) is 4.88. The first-order valence-corrected chi connectivity index (χ1v) is 7.17. The molecule has 1 aliphatic heterocycles. The quantitative estimate of drug-likeness (QED) is 0.776. The fourth-order valence-electron chi connectivity index (χ4n) is 2.35. The zero-order valence-corrected chi connectivity index (χ0v) is 13.4. The van der Waals surface area contributed by atoms with Gasteiger partial charge in [-0.05, 0) is 19.1 Å². The Morgan fingerprint density at radius 2 is 1.78 bits per heavy atom. The molecule has 142 valence electrons. The summed E-state index contributed by atoms with van der Waals surface area (Å²) in [6.45, 7) is 1.04. The largest absolute Gasteiger partial charge is 0.417 e. The first-order valence-electron chi connectivity index (χ1n) is 7.17. The molecule has 12 heteroatoms. The zero-order valence-electron chi connectivity index (χ0n) is 13.4. The van der Waals surface area contributed by atoms with Gasteiger partial charge in [0, 0.05) is 6.42 Å². The lowest BCUT2D eigenvalue weighted by molar-refractivity contribution is -0.148. The van der Waals surface area contributed by atoms with Crippen LogP contribution in [0, 0.1) is 22.7 Å². The van der Waals surface area contributed by atoms with Gasteiger partial charge in [0.2, 0.25) is 0 Å². The van der Waals surface area contributed by atoms with E-state index in [4.69, 9.17) is 10.5 Å². The zero-order chi connectivity index (χ0) is 20.6. The molecule has 0 aliphatic carbocycles. The lowest BCUT2D eigenvalue weighted by Crippen LogP contribution is -2.40. The van der Waals surface area contributed by atoms with E-state index in [1.807, 2.05) is 5.32 Å². The van der Waals surface area contributed by atoms with Gasteiger partial charge in [0.1, 0.15) is 6.07 Å². The summed E-state index contributed by atoms with van der Waals surface area (Å²) < 4.78 is 77.2. The number of alkyl halides is 6. The lowest BCUT2D eigenvalue weighted by atomic mass is 9.94. The average molecular weight is 389 g/mol. The second kappa shape index (κ2) is 6.54. The molecule has 0 aromatic heterocycles. The van der Waals surface area contributed by atoms with Crippen LogP contribution in [0.2, 0.25) is 0 Å². The first kappa shape index (κ1) is 20.2. The van der Waals surface area contributed by atoms with Gasteiger partial charge in [0.15, 0.2) is 11.6 Å². The molecule has 6 nitrogen and oxygen atoms in total. The van der Waals surface area contributed by atoms with Crippen molar-refractivity contribution in [3.8, 4) is 12.1 Å². The van der Waals surface area contributed by atoms with E-state index in [0.717, 1.165) is 6.92 Å². The Labute approximate surface area is 148 Å². The van der Waals surface area contributed by atoms with Crippen molar-refractivity contribution < 1.29 is 31.1 Å². The summed E-state index contributed by atoms with van der Waals surface area (Å²) in [4.78, 5) is 12.3. The molecule has 0 saturated carbocycles. The molecular formula is C15H9F6N5O. The van der Waals surface area contributed by atoms with Crippen LogP contribution < -0.4 is 5.32 Å². The van der Waals surface area contributed by atoms with E-state index in [1.54, 1.807) is 0 Å². The van der Waals surface area contributed by atoms with E-state index in [0.29, 0.717) is 12.1 Å². The van der Waals surface area contributed by atoms with Crippen LogP contribution in [0.25, 0.3) is 0 Å². The number of nitriles is 2. The smallest absolute Gasteiger partial charge is 0.323 e. The predicted octanol–water partition coefficient (Wildman–Crippen LogP) is 3.93. The van der Waals surface area contributed by atoms with Crippen LogP contribution >= 0.6 is 0 Å². The van der Waals surface area contributed by atoms with Crippen LogP contribution in [-0.4, -0.2) is 23.7 Å². The van der Waals surface area contributed by atoms with Gasteiger partial charge >= 0.3 is 12.4 Å². The number of carbonyl (C=O) groups excluding carboxylic acids is 1. The van der Waals surface area contributed by atoms with E-state index >= 15 is 0 Å². The Morgan fingerprint density at radius 3 is 2.22 bits per heavy atom. The fourth-order valence-corrected chi connectivity index (χ4v) is 2.35. The number of azo groups is 1. The highest BCUT2D eigenvalue weighted by Crippen LogP contribution is 2.38. The summed E-state index contributed by atoms with van der Waals surface area (Å²) in [6, 6.07) is 1.63. The van der Waals surface area contributed by atoms with Crippen molar-refractivity contribution in [2.45, 2.75) is 37.3 Å². The van der Waals surface area contributed by atoms with Gasteiger partial charge in [-0.15, -0.1) is 0 Å². The molecule has 0 saturated heterocycles. The minimum atomic E-state index is -4.95. The van der Waals surface area contributed by atoms with Gasteiger partial charge in [-0.3, -0.25) is 4.79 Å². The lowest BCUT2D eigenvalue weighted by Gasteiger charge is -2.21. The fraction of sp³-hybridized carbons (Fsp3) is 0.400. The third-order valence-electron chi connectivity index (χ3n) is 3.83. The minimum absolute atomic E-state index is 0.381. The van der Waals surface area contributed by atoms with E-state index < -0.39 is 58.6 Å². The number of nitrogens with one attached hydrogen (secondary N) is 1. The third-order valence-corrected chi connectivity index (χ3v) is 3.83. The Morgan fingerprint density at radius 1 is 1.19 bits per heavy atom. The van der Waals surface area contributed by atoms with Gasteiger partial charge in [0.25, 0.3) is 5.91 Å². The normalized spacial score (nSPS) is 22.2.